The molecule has 0 fully saturated rings. The van der Waals surface area contributed by atoms with Crippen molar-refractivity contribution < 1.29 is 13.2 Å². The summed E-state index contributed by atoms with van der Waals surface area (Å²) in [7, 11) is -3.64. The third-order valence-corrected chi connectivity index (χ3v) is 4.93. The van der Waals surface area contributed by atoms with Gasteiger partial charge in [0, 0.05) is 6.54 Å². The molecule has 0 radical (unpaired) electrons. The van der Waals surface area contributed by atoms with Crippen LogP contribution in [0.4, 0.5) is 5.69 Å². The molecule has 7 heteroatoms. The fraction of sp³-hybridized carbons (Fsp3) is 0.500. The molecule has 0 saturated heterocycles. The Balaban J connectivity index is 3.03. The Morgan fingerprint density at radius 2 is 1.90 bits per heavy atom. The van der Waals surface area contributed by atoms with Gasteiger partial charge in [-0.05, 0) is 18.1 Å². The van der Waals surface area contributed by atoms with Crippen molar-refractivity contribution in [1.82, 2.24) is 4.72 Å². The number of benzene rings is 1. The number of hydrogen-bond acceptors (Lipinski definition) is 4. The zero-order valence-corrected chi connectivity index (χ0v) is 13.4. The highest BCUT2D eigenvalue weighted by molar-refractivity contribution is 7.89. The van der Waals surface area contributed by atoms with Crippen LogP contribution in [0.25, 0.3) is 0 Å². The van der Waals surface area contributed by atoms with E-state index in [4.69, 9.17) is 5.73 Å². The lowest BCUT2D eigenvalue weighted by molar-refractivity contribution is -0.118. The van der Waals surface area contributed by atoms with Gasteiger partial charge in [-0.3, -0.25) is 4.79 Å². The molecule has 0 heterocycles. The summed E-state index contributed by atoms with van der Waals surface area (Å²) >= 11 is 0. The Bertz CT molecular complexity index is 587. The molecule has 0 saturated carbocycles. The first-order valence-electron chi connectivity index (χ1n) is 6.98. The quantitative estimate of drug-likeness (QED) is 0.706. The molecule has 1 amide bonds. The Hall–Kier alpha value is -1.44. The molecule has 0 aliphatic rings. The van der Waals surface area contributed by atoms with Gasteiger partial charge in [-0.25, -0.2) is 13.1 Å². The summed E-state index contributed by atoms with van der Waals surface area (Å²) in [5.74, 6) is -0.369. The van der Waals surface area contributed by atoms with Gasteiger partial charge in [0.15, 0.2) is 0 Å². The van der Waals surface area contributed by atoms with Gasteiger partial charge in [0.05, 0.1) is 11.7 Å². The summed E-state index contributed by atoms with van der Waals surface area (Å²) in [5.41, 5.74) is 6.10. The summed E-state index contributed by atoms with van der Waals surface area (Å²) in [6.07, 6.45) is 0.770. The Labute approximate surface area is 126 Å². The molecule has 0 aliphatic carbocycles. The van der Waals surface area contributed by atoms with Gasteiger partial charge in [-0.1, -0.05) is 39.3 Å². The highest BCUT2D eigenvalue weighted by Crippen LogP contribution is 2.21. The fourth-order valence-corrected chi connectivity index (χ4v) is 3.00. The number of amides is 1. The summed E-state index contributed by atoms with van der Waals surface area (Å²) in [5, 5.41) is 2.61. The van der Waals surface area contributed by atoms with Crippen molar-refractivity contribution in [2.24, 2.45) is 11.7 Å². The van der Waals surface area contributed by atoms with Gasteiger partial charge in [0.1, 0.15) is 4.90 Å². The number of anilines is 1. The van der Waals surface area contributed by atoms with E-state index in [0.717, 1.165) is 6.42 Å². The molecule has 21 heavy (non-hydrogen) atoms. The van der Waals surface area contributed by atoms with Crippen LogP contribution in [0.2, 0.25) is 0 Å². The second-order valence-corrected chi connectivity index (χ2v) is 6.63. The first-order chi connectivity index (χ1) is 9.83. The van der Waals surface area contributed by atoms with Crippen LogP contribution in [0.1, 0.15) is 27.2 Å². The molecule has 0 unspecified atom stereocenters. The first-order valence-corrected chi connectivity index (χ1v) is 8.46. The topological polar surface area (TPSA) is 101 Å². The minimum atomic E-state index is -3.64. The highest BCUT2D eigenvalue weighted by Gasteiger charge is 2.23. The van der Waals surface area contributed by atoms with Crippen molar-refractivity contribution in [3.05, 3.63) is 24.3 Å². The van der Waals surface area contributed by atoms with Gasteiger partial charge in [-0.2, -0.15) is 0 Å². The molecule has 6 nitrogen and oxygen atoms in total. The summed E-state index contributed by atoms with van der Waals surface area (Å²) < 4.78 is 26.6. The van der Waals surface area contributed by atoms with Crippen LogP contribution in [-0.4, -0.2) is 26.9 Å². The van der Waals surface area contributed by atoms with Crippen LogP contribution in [0.5, 0.6) is 0 Å². The Kier molecular flexibility index (Phi) is 6.32. The van der Waals surface area contributed by atoms with Crippen LogP contribution in [0.15, 0.2) is 29.2 Å². The standard InChI is InChI=1S/C14H23N3O3S/c1-4-10(3)13(15)14(18)17-11-8-6-7-9-12(11)21(19,20)16-5-2/h6-10,13,16H,4-5,15H2,1-3H3,(H,17,18)/t10-,13-/m0/s1. The largest absolute Gasteiger partial charge is 0.324 e. The molecule has 1 aromatic carbocycles. The first kappa shape index (κ1) is 17.6. The van der Waals surface area contributed by atoms with E-state index in [1.54, 1.807) is 25.1 Å². The molecular weight excluding hydrogens is 290 g/mol. The number of carbonyl (C=O) groups excluding carboxylic acids is 1. The van der Waals surface area contributed by atoms with Gasteiger partial charge in [-0.15, -0.1) is 0 Å². The molecule has 0 aliphatic heterocycles. The second-order valence-electron chi connectivity index (χ2n) is 4.90. The Morgan fingerprint density at radius 1 is 1.29 bits per heavy atom. The summed E-state index contributed by atoms with van der Waals surface area (Å²) in [6, 6.07) is 5.59. The average Bonchev–Trinajstić information content (AvgIpc) is 2.45. The SMILES string of the molecule is CCNS(=O)(=O)c1ccccc1NC(=O)[C@@H](N)[C@@H](C)CC. The Morgan fingerprint density at radius 3 is 2.48 bits per heavy atom. The zero-order valence-electron chi connectivity index (χ0n) is 12.6. The van der Waals surface area contributed by atoms with Crippen molar-refractivity contribution in [1.29, 1.82) is 0 Å². The number of nitrogens with two attached hydrogens (primary N) is 1. The zero-order chi connectivity index (χ0) is 16.0. The molecule has 0 aromatic heterocycles. The van der Waals surface area contributed by atoms with Crippen molar-refractivity contribution in [3.8, 4) is 0 Å². The average molecular weight is 313 g/mol. The number of nitrogens with one attached hydrogen (secondary N) is 2. The van der Waals surface area contributed by atoms with Crippen LogP contribution < -0.4 is 15.8 Å². The maximum atomic E-state index is 12.1. The smallest absolute Gasteiger partial charge is 0.242 e. The van der Waals surface area contributed by atoms with Gasteiger partial charge in [0.25, 0.3) is 0 Å². The lowest BCUT2D eigenvalue weighted by Gasteiger charge is -2.19. The fourth-order valence-electron chi connectivity index (χ4n) is 1.80. The van der Waals surface area contributed by atoms with E-state index in [-0.39, 0.29) is 29.0 Å². The lowest BCUT2D eigenvalue weighted by atomic mass is 9.99. The molecule has 0 bridgehead atoms. The summed E-state index contributed by atoms with van der Waals surface area (Å²) in [4.78, 5) is 12.1. The number of sulfonamides is 1. The molecule has 0 spiro atoms. The normalized spacial score (nSPS) is 14.5. The molecule has 2 atom stereocenters. The second kappa shape index (κ2) is 7.53. The molecule has 1 aromatic rings. The van der Waals surface area contributed by atoms with E-state index >= 15 is 0 Å². The molecular formula is C14H23N3O3S. The third kappa shape index (κ3) is 4.52. The number of para-hydroxylation sites is 1. The minimum absolute atomic E-state index is 0.0162. The highest BCUT2D eigenvalue weighted by atomic mass is 32.2. The van der Waals surface area contributed by atoms with Gasteiger partial charge < -0.3 is 11.1 Å². The van der Waals surface area contributed by atoms with Crippen molar-refractivity contribution >= 4 is 21.6 Å². The van der Waals surface area contributed by atoms with Crippen LogP contribution in [-0.2, 0) is 14.8 Å². The number of hydrogen-bond donors (Lipinski definition) is 3. The van der Waals surface area contributed by atoms with Gasteiger partial charge >= 0.3 is 0 Å². The van der Waals surface area contributed by atoms with Crippen LogP contribution in [0.3, 0.4) is 0 Å². The minimum Gasteiger partial charge on any atom is -0.324 e. The van der Waals surface area contributed by atoms with E-state index in [1.807, 2.05) is 13.8 Å². The predicted octanol–water partition coefficient (Wildman–Crippen LogP) is 1.30. The maximum absolute atomic E-state index is 12.1. The number of carbonyl (C=O) groups is 1. The maximum Gasteiger partial charge on any atom is 0.242 e. The van der Waals surface area contributed by atoms with Crippen LogP contribution >= 0.6 is 0 Å². The number of rotatable bonds is 7. The monoisotopic (exact) mass is 313 g/mol. The van der Waals surface area contributed by atoms with E-state index in [2.05, 4.69) is 10.0 Å². The van der Waals surface area contributed by atoms with E-state index in [0.29, 0.717) is 0 Å². The third-order valence-electron chi connectivity index (χ3n) is 3.33. The van der Waals surface area contributed by atoms with Crippen molar-refractivity contribution in [2.45, 2.75) is 38.1 Å². The molecule has 1 rings (SSSR count). The van der Waals surface area contributed by atoms with Crippen molar-refractivity contribution in [2.75, 3.05) is 11.9 Å². The van der Waals surface area contributed by atoms with Crippen molar-refractivity contribution in [3.63, 3.8) is 0 Å². The summed E-state index contributed by atoms with van der Waals surface area (Å²) in [6.45, 7) is 5.79. The molecule has 118 valence electrons. The van der Waals surface area contributed by atoms with Crippen LogP contribution in [0, 0.1) is 5.92 Å². The van der Waals surface area contributed by atoms with E-state index in [1.165, 1.54) is 6.07 Å². The van der Waals surface area contributed by atoms with E-state index in [9.17, 15) is 13.2 Å². The van der Waals surface area contributed by atoms with Gasteiger partial charge in [0.2, 0.25) is 15.9 Å². The van der Waals surface area contributed by atoms with E-state index < -0.39 is 16.1 Å². The molecule has 4 N–H and O–H groups in total. The lowest BCUT2D eigenvalue weighted by Crippen LogP contribution is -2.41. The predicted molar refractivity (Wildman–Crippen MR) is 83.4 cm³/mol.